The molecule has 0 radical (unpaired) electrons. The van der Waals surface area contributed by atoms with Gasteiger partial charge in [0.25, 0.3) is 0 Å². The Morgan fingerprint density at radius 3 is 1.51 bits per heavy atom. The minimum Gasteiger partial charge on any atom is -0.466 e. The van der Waals surface area contributed by atoms with Gasteiger partial charge in [0.15, 0.2) is 0 Å². The van der Waals surface area contributed by atoms with Crippen LogP contribution in [0.2, 0.25) is 0 Å². The molecule has 0 aromatic heterocycles. The summed E-state index contributed by atoms with van der Waals surface area (Å²) in [5, 5.41) is 8.77. The van der Waals surface area contributed by atoms with E-state index in [0.717, 1.165) is 44.9 Å². The van der Waals surface area contributed by atoms with Gasteiger partial charge in [0, 0.05) is 13.0 Å². The van der Waals surface area contributed by atoms with Crippen LogP contribution in [0, 0.1) is 0 Å². The van der Waals surface area contributed by atoms with E-state index in [-0.39, 0.29) is 5.97 Å². The highest BCUT2D eigenvalue weighted by atomic mass is 16.5. The Morgan fingerprint density at radius 2 is 0.973 bits per heavy atom. The molecule has 0 saturated heterocycles. The maximum Gasteiger partial charge on any atom is 0.305 e. The number of allylic oxidation sites excluding steroid dienone is 6. The zero-order chi connectivity index (χ0) is 26.9. The van der Waals surface area contributed by atoms with Crippen LogP contribution in [-0.4, -0.2) is 24.3 Å². The van der Waals surface area contributed by atoms with Gasteiger partial charge in [0.05, 0.1) is 6.61 Å². The maximum atomic E-state index is 11.9. The number of esters is 1. The van der Waals surface area contributed by atoms with Crippen molar-refractivity contribution in [1.29, 1.82) is 0 Å². The lowest BCUT2D eigenvalue weighted by atomic mass is 10.0. The quantitative estimate of drug-likeness (QED) is 0.0608. The van der Waals surface area contributed by atoms with Gasteiger partial charge in [-0.25, -0.2) is 0 Å². The second kappa shape index (κ2) is 32.7. The number of hydrogen-bond donors (Lipinski definition) is 1. The van der Waals surface area contributed by atoms with E-state index in [1.54, 1.807) is 0 Å². The summed E-state index contributed by atoms with van der Waals surface area (Å²) in [6.07, 6.45) is 42.0. The average molecular weight is 519 g/mol. The van der Waals surface area contributed by atoms with Gasteiger partial charge >= 0.3 is 5.97 Å². The van der Waals surface area contributed by atoms with Gasteiger partial charge in [-0.05, 0) is 51.4 Å². The van der Waals surface area contributed by atoms with Crippen LogP contribution in [0.15, 0.2) is 36.5 Å². The molecular weight excluding hydrogens is 456 g/mol. The van der Waals surface area contributed by atoms with Gasteiger partial charge in [-0.2, -0.15) is 0 Å². The second-order valence-corrected chi connectivity index (χ2v) is 10.5. The Kier molecular flexibility index (Phi) is 31.5. The molecule has 0 atom stereocenters. The molecule has 0 heterocycles. The van der Waals surface area contributed by atoms with Crippen molar-refractivity contribution in [3.05, 3.63) is 36.5 Å². The Labute approximate surface area is 231 Å². The molecule has 0 rings (SSSR count). The minimum absolute atomic E-state index is 0.00503. The smallest absolute Gasteiger partial charge is 0.305 e. The topological polar surface area (TPSA) is 46.5 Å². The van der Waals surface area contributed by atoms with Crippen LogP contribution < -0.4 is 0 Å². The molecule has 37 heavy (non-hydrogen) atoms. The molecule has 3 nitrogen and oxygen atoms in total. The highest BCUT2D eigenvalue weighted by molar-refractivity contribution is 5.69. The van der Waals surface area contributed by atoms with Crippen molar-refractivity contribution in [2.45, 2.75) is 161 Å². The fraction of sp³-hybridized carbons (Fsp3) is 0.794. The molecule has 0 amide bonds. The first-order valence-electron chi connectivity index (χ1n) is 16.0. The van der Waals surface area contributed by atoms with E-state index >= 15 is 0 Å². The van der Waals surface area contributed by atoms with Crippen molar-refractivity contribution in [2.75, 3.05) is 13.2 Å². The Bertz CT molecular complexity index is 535. The zero-order valence-electron chi connectivity index (χ0n) is 24.6. The van der Waals surface area contributed by atoms with E-state index in [1.807, 2.05) is 0 Å². The van der Waals surface area contributed by atoms with Gasteiger partial charge < -0.3 is 9.84 Å². The van der Waals surface area contributed by atoms with Crippen LogP contribution in [0.1, 0.15) is 161 Å². The molecule has 0 spiro atoms. The van der Waals surface area contributed by atoms with Gasteiger partial charge in [0.2, 0.25) is 0 Å². The predicted molar refractivity (Wildman–Crippen MR) is 162 cm³/mol. The average Bonchev–Trinajstić information content (AvgIpc) is 2.90. The molecule has 0 fully saturated rings. The van der Waals surface area contributed by atoms with E-state index in [4.69, 9.17) is 9.84 Å². The van der Waals surface area contributed by atoms with Crippen molar-refractivity contribution in [3.63, 3.8) is 0 Å². The summed E-state index contributed by atoms with van der Waals surface area (Å²) >= 11 is 0. The van der Waals surface area contributed by atoms with Gasteiger partial charge in [-0.3, -0.25) is 4.79 Å². The number of carbonyl (C=O) groups excluding carboxylic acids is 1. The predicted octanol–water partition coefficient (Wildman–Crippen LogP) is 10.6. The summed E-state index contributed by atoms with van der Waals surface area (Å²) < 4.78 is 5.40. The molecule has 0 unspecified atom stereocenters. The third-order valence-electron chi connectivity index (χ3n) is 6.85. The number of aliphatic hydroxyl groups excluding tert-OH is 1. The minimum atomic E-state index is -0.00503. The Balaban J connectivity index is 3.24. The third kappa shape index (κ3) is 32.6. The molecule has 0 aliphatic rings. The zero-order valence-corrected chi connectivity index (χ0v) is 24.6. The molecular formula is C34H62O3. The molecule has 3 heteroatoms. The Hall–Kier alpha value is -1.35. The number of hydrogen-bond acceptors (Lipinski definition) is 3. The van der Waals surface area contributed by atoms with E-state index in [0.29, 0.717) is 19.6 Å². The van der Waals surface area contributed by atoms with Crippen LogP contribution in [0.4, 0.5) is 0 Å². The standard InChI is InChI=1S/C34H62O3/c1-2-3-4-5-6-7-8-9-10-13-16-19-22-25-28-31-34(36)37-33-30-27-24-21-18-15-12-11-14-17-20-23-26-29-32-35/h3-4,6-7,9-10,35H,2,5,8,11-33H2,1H3/b4-3-,7-6-,10-9-. The number of carbonyl (C=O) groups is 1. The SMILES string of the molecule is CC/C=C\C/C=C\C/C=C\CCCCCCCC(=O)OCCCCCCCCCCCCCCCCO. The highest BCUT2D eigenvalue weighted by Crippen LogP contribution is 2.13. The van der Waals surface area contributed by atoms with Crippen LogP contribution in [0.5, 0.6) is 0 Å². The van der Waals surface area contributed by atoms with Crippen LogP contribution in [0.3, 0.4) is 0 Å². The fourth-order valence-corrected chi connectivity index (χ4v) is 4.48. The van der Waals surface area contributed by atoms with Crippen molar-refractivity contribution in [1.82, 2.24) is 0 Å². The van der Waals surface area contributed by atoms with E-state index in [2.05, 4.69) is 43.4 Å². The first-order valence-corrected chi connectivity index (χ1v) is 16.0. The lowest BCUT2D eigenvalue weighted by Gasteiger charge is -2.05. The number of aliphatic hydroxyl groups is 1. The second-order valence-electron chi connectivity index (χ2n) is 10.5. The Morgan fingerprint density at radius 1 is 0.541 bits per heavy atom. The maximum absolute atomic E-state index is 11.9. The van der Waals surface area contributed by atoms with Crippen molar-refractivity contribution in [3.8, 4) is 0 Å². The summed E-state index contributed by atoms with van der Waals surface area (Å²) in [6, 6.07) is 0. The molecule has 216 valence electrons. The summed E-state index contributed by atoms with van der Waals surface area (Å²) in [4.78, 5) is 11.9. The summed E-state index contributed by atoms with van der Waals surface area (Å²) in [5.41, 5.74) is 0. The van der Waals surface area contributed by atoms with Gasteiger partial charge in [-0.1, -0.05) is 140 Å². The van der Waals surface area contributed by atoms with Crippen LogP contribution in [0.25, 0.3) is 0 Å². The number of unbranched alkanes of at least 4 members (excludes halogenated alkanes) is 18. The largest absolute Gasteiger partial charge is 0.466 e. The summed E-state index contributed by atoms with van der Waals surface area (Å²) in [6.45, 7) is 3.12. The molecule has 0 aromatic carbocycles. The van der Waals surface area contributed by atoms with Gasteiger partial charge in [0.1, 0.15) is 0 Å². The van der Waals surface area contributed by atoms with E-state index in [9.17, 15) is 4.79 Å². The lowest BCUT2D eigenvalue weighted by molar-refractivity contribution is -0.143. The van der Waals surface area contributed by atoms with Crippen molar-refractivity contribution < 1.29 is 14.6 Å². The first-order chi connectivity index (χ1) is 18.3. The summed E-state index contributed by atoms with van der Waals surface area (Å²) in [7, 11) is 0. The highest BCUT2D eigenvalue weighted by Gasteiger charge is 2.02. The number of ether oxygens (including phenoxy) is 1. The van der Waals surface area contributed by atoms with Crippen LogP contribution in [-0.2, 0) is 9.53 Å². The van der Waals surface area contributed by atoms with Crippen molar-refractivity contribution >= 4 is 5.97 Å². The van der Waals surface area contributed by atoms with E-state index in [1.165, 1.54) is 103 Å². The molecule has 0 aliphatic carbocycles. The first kappa shape index (κ1) is 35.6. The monoisotopic (exact) mass is 518 g/mol. The summed E-state index contributed by atoms with van der Waals surface area (Å²) in [5.74, 6) is -0.00503. The normalized spacial score (nSPS) is 11.9. The van der Waals surface area contributed by atoms with Crippen molar-refractivity contribution in [2.24, 2.45) is 0 Å². The van der Waals surface area contributed by atoms with E-state index < -0.39 is 0 Å². The lowest BCUT2D eigenvalue weighted by Crippen LogP contribution is -2.05. The number of rotatable bonds is 29. The fourth-order valence-electron chi connectivity index (χ4n) is 4.48. The molecule has 1 N–H and O–H groups in total. The van der Waals surface area contributed by atoms with Gasteiger partial charge in [-0.15, -0.1) is 0 Å². The third-order valence-corrected chi connectivity index (χ3v) is 6.85. The molecule has 0 aromatic rings. The molecule has 0 bridgehead atoms. The van der Waals surface area contributed by atoms with Crippen LogP contribution >= 0.6 is 0 Å². The molecule has 0 saturated carbocycles. The molecule has 0 aliphatic heterocycles.